The Labute approximate surface area is 160 Å². The van der Waals surface area contributed by atoms with Gasteiger partial charge in [-0.1, -0.05) is 30.3 Å². The van der Waals surface area contributed by atoms with Crippen LogP contribution >= 0.6 is 0 Å². The first-order valence-electron chi connectivity index (χ1n) is 9.01. The number of fused-ring (bicyclic) bond motifs is 2. The van der Waals surface area contributed by atoms with Crippen molar-refractivity contribution in [2.75, 3.05) is 5.32 Å². The van der Waals surface area contributed by atoms with Gasteiger partial charge in [-0.3, -0.25) is 9.59 Å². The van der Waals surface area contributed by atoms with E-state index in [1.54, 1.807) is 23.3 Å². The monoisotopic (exact) mass is 371 g/mol. The fourth-order valence-corrected chi connectivity index (χ4v) is 3.64. The molecule has 6 heteroatoms. The molecule has 0 aliphatic carbocycles. The quantitative estimate of drug-likeness (QED) is 0.573. The molecule has 2 aromatic heterocycles. The van der Waals surface area contributed by atoms with Crippen molar-refractivity contribution in [3.8, 4) is 0 Å². The van der Waals surface area contributed by atoms with Crippen molar-refractivity contribution < 1.29 is 9.21 Å². The van der Waals surface area contributed by atoms with E-state index < -0.39 is 6.17 Å². The van der Waals surface area contributed by atoms with Gasteiger partial charge in [0.15, 0.2) is 0 Å². The number of furan rings is 1. The van der Waals surface area contributed by atoms with E-state index in [-0.39, 0.29) is 18.0 Å². The lowest BCUT2D eigenvalue weighted by Crippen LogP contribution is -2.44. The average molecular weight is 371 g/mol. The number of hydrogen-bond donors (Lipinski definition) is 2. The van der Waals surface area contributed by atoms with Gasteiger partial charge in [0.05, 0.1) is 23.9 Å². The van der Waals surface area contributed by atoms with E-state index in [2.05, 4.69) is 10.3 Å². The van der Waals surface area contributed by atoms with Crippen molar-refractivity contribution in [1.29, 1.82) is 0 Å². The number of nitrogens with one attached hydrogen (secondary N) is 2. The van der Waals surface area contributed by atoms with Crippen LogP contribution < -0.4 is 10.9 Å². The minimum absolute atomic E-state index is 0.150. The fraction of sp³-hybridized carbons (Fsp3) is 0.0909. The first-order chi connectivity index (χ1) is 13.7. The van der Waals surface area contributed by atoms with Crippen LogP contribution in [0, 0.1) is 0 Å². The summed E-state index contributed by atoms with van der Waals surface area (Å²) in [5, 5.41) is 4.26. The third-order valence-electron chi connectivity index (χ3n) is 5.01. The van der Waals surface area contributed by atoms with Gasteiger partial charge in [0.25, 0.3) is 11.5 Å². The van der Waals surface area contributed by atoms with Crippen LogP contribution in [0.2, 0.25) is 0 Å². The molecule has 0 radical (unpaired) electrons. The zero-order valence-electron chi connectivity index (χ0n) is 14.9. The van der Waals surface area contributed by atoms with Crippen LogP contribution in [0.5, 0.6) is 0 Å². The Morgan fingerprint density at radius 3 is 2.64 bits per heavy atom. The number of H-pyrrole nitrogens is 1. The van der Waals surface area contributed by atoms with Crippen LogP contribution in [0.25, 0.3) is 10.9 Å². The van der Waals surface area contributed by atoms with Crippen molar-refractivity contribution in [2.24, 2.45) is 0 Å². The first-order valence-corrected chi connectivity index (χ1v) is 9.01. The number of carbonyl (C=O) groups excluding carboxylic acids is 1. The van der Waals surface area contributed by atoms with Crippen LogP contribution in [0.1, 0.15) is 27.8 Å². The van der Waals surface area contributed by atoms with E-state index in [4.69, 9.17) is 4.42 Å². The topological polar surface area (TPSA) is 78.3 Å². The summed E-state index contributed by atoms with van der Waals surface area (Å²) in [6.45, 7) is 0.254. The Balaban J connectivity index is 1.66. The van der Waals surface area contributed by atoms with Crippen LogP contribution in [-0.2, 0) is 6.54 Å². The number of hydrogen-bond acceptors (Lipinski definition) is 4. The Morgan fingerprint density at radius 1 is 0.964 bits per heavy atom. The van der Waals surface area contributed by atoms with E-state index in [0.717, 1.165) is 10.9 Å². The number of aromatic nitrogens is 1. The number of nitrogens with zero attached hydrogens (tertiary/aromatic N) is 1. The number of carbonyl (C=O) groups is 1. The Morgan fingerprint density at radius 2 is 1.79 bits per heavy atom. The molecule has 1 amide bonds. The van der Waals surface area contributed by atoms with Gasteiger partial charge in [-0.05, 0) is 41.8 Å². The molecule has 1 aliphatic heterocycles. The molecular weight excluding hydrogens is 354 g/mol. The highest BCUT2D eigenvalue weighted by Crippen LogP contribution is 2.33. The van der Waals surface area contributed by atoms with Crippen LogP contribution in [0.3, 0.4) is 0 Å². The van der Waals surface area contributed by atoms with E-state index in [0.29, 0.717) is 22.6 Å². The minimum atomic E-state index is -0.610. The molecule has 2 N–H and O–H groups in total. The van der Waals surface area contributed by atoms with E-state index >= 15 is 0 Å². The molecule has 3 heterocycles. The third-order valence-corrected chi connectivity index (χ3v) is 5.01. The molecule has 0 saturated heterocycles. The zero-order chi connectivity index (χ0) is 19.1. The van der Waals surface area contributed by atoms with Gasteiger partial charge < -0.3 is 19.6 Å². The van der Waals surface area contributed by atoms with Gasteiger partial charge in [0, 0.05) is 11.2 Å². The highest BCUT2D eigenvalue weighted by Gasteiger charge is 2.34. The molecule has 1 atom stereocenters. The summed E-state index contributed by atoms with van der Waals surface area (Å²) >= 11 is 0. The van der Waals surface area contributed by atoms with Gasteiger partial charge in [-0.15, -0.1) is 0 Å². The molecule has 0 bridgehead atoms. The maximum Gasteiger partial charge on any atom is 0.258 e. The molecule has 2 aromatic carbocycles. The molecule has 0 saturated carbocycles. The van der Waals surface area contributed by atoms with Gasteiger partial charge in [-0.25, -0.2) is 0 Å². The van der Waals surface area contributed by atoms with E-state index in [1.807, 2.05) is 54.6 Å². The molecule has 1 aliphatic rings. The summed E-state index contributed by atoms with van der Waals surface area (Å²) in [5.74, 6) is 0.500. The lowest BCUT2D eigenvalue weighted by molar-refractivity contribution is 0.0650. The standard InChI is InChI=1S/C22H17N3O3/c26-21-17(12-14-6-1-3-9-18(14)24-21)20-23-19-10-4-2-8-16(19)22(27)25(20)13-15-7-5-11-28-15/h1-12,20,23H,13H2,(H,24,26). The summed E-state index contributed by atoms with van der Waals surface area (Å²) in [6, 6.07) is 20.3. The molecule has 6 nitrogen and oxygen atoms in total. The summed E-state index contributed by atoms with van der Waals surface area (Å²) in [6.07, 6.45) is 0.962. The van der Waals surface area contributed by atoms with Crippen molar-refractivity contribution in [1.82, 2.24) is 9.88 Å². The Kier molecular flexibility index (Phi) is 3.76. The number of pyridine rings is 1. The molecule has 0 fully saturated rings. The molecule has 0 spiro atoms. The minimum Gasteiger partial charge on any atom is -0.467 e. The van der Waals surface area contributed by atoms with Gasteiger partial charge in [0.1, 0.15) is 11.9 Å². The van der Waals surface area contributed by atoms with Crippen LogP contribution in [0.15, 0.2) is 82.2 Å². The van der Waals surface area contributed by atoms with Gasteiger partial charge >= 0.3 is 0 Å². The lowest BCUT2D eigenvalue weighted by atomic mass is 10.0. The Bertz CT molecular complexity index is 1230. The second-order valence-electron chi connectivity index (χ2n) is 6.75. The van der Waals surface area contributed by atoms with Crippen LogP contribution in [0.4, 0.5) is 5.69 Å². The molecule has 5 rings (SSSR count). The van der Waals surface area contributed by atoms with Crippen molar-refractivity contribution in [2.45, 2.75) is 12.7 Å². The second kappa shape index (κ2) is 6.42. The van der Waals surface area contributed by atoms with Crippen molar-refractivity contribution in [3.63, 3.8) is 0 Å². The molecule has 4 aromatic rings. The summed E-state index contributed by atoms with van der Waals surface area (Å²) in [5.41, 5.74) is 2.29. The van der Waals surface area contributed by atoms with E-state index in [9.17, 15) is 9.59 Å². The largest absolute Gasteiger partial charge is 0.467 e. The normalized spacial score (nSPS) is 16.1. The number of aromatic amines is 1. The second-order valence-corrected chi connectivity index (χ2v) is 6.75. The molecule has 138 valence electrons. The fourth-order valence-electron chi connectivity index (χ4n) is 3.64. The maximum atomic E-state index is 13.2. The number of anilines is 1. The Hall–Kier alpha value is -3.80. The maximum absolute atomic E-state index is 13.2. The van der Waals surface area contributed by atoms with E-state index in [1.165, 1.54) is 0 Å². The van der Waals surface area contributed by atoms with Gasteiger partial charge in [-0.2, -0.15) is 0 Å². The van der Waals surface area contributed by atoms with Crippen molar-refractivity contribution >= 4 is 22.5 Å². The SMILES string of the molecule is O=C1c2ccccc2NC(c2cc3ccccc3[nH]c2=O)N1Cc1ccco1. The predicted molar refractivity (Wildman–Crippen MR) is 106 cm³/mol. The summed E-state index contributed by atoms with van der Waals surface area (Å²) in [4.78, 5) is 30.6. The smallest absolute Gasteiger partial charge is 0.258 e. The number of rotatable bonds is 3. The predicted octanol–water partition coefficient (Wildman–Crippen LogP) is 3.89. The molecule has 28 heavy (non-hydrogen) atoms. The highest BCUT2D eigenvalue weighted by atomic mass is 16.3. The number of para-hydroxylation sites is 2. The molecular formula is C22H17N3O3. The van der Waals surface area contributed by atoms with Crippen LogP contribution in [-0.4, -0.2) is 15.8 Å². The summed E-state index contributed by atoms with van der Waals surface area (Å²) < 4.78 is 5.45. The highest BCUT2D eigenvalue weighted by molar-refractivity contribution is 6.01. The van der Waals surface area contributed by atoms with Gasteiger partial charge in [0.2, 0.25) is 0 Å². The van der Waals surface area contributed by atoms with Crippen molar-refractivity contribution in [3.05, 3.63) is 100 Å². The lowest BCUT2D eigenvalue weighted by Gasteiger charge is -2.37. The zero-order valence-corrected chi connectivity index (χ0v) is 14.9. The number of benzene rings is 2. The molecule has 1 unspecified atom stereocenters. The first kappa shape index (κ1) is 16.4. The summed E-state index contributed by atoms with van der Waals surface area (Å²) in [7, 11) is 0. The average Bonchev–Trinajstić information content (AvgIpc) is 3.23. The third kappa shape index (κ3) is 2.66. The number of amides is 1.